The van der Waals surface area contributed by atoms with Crippen LogP contribution in [0.15, 0.2) is 24.3 Å². The predicted molar refractivity (Wildman–Crippen MR) is 108 cm³/mol. The molecule has 0 atom stereocenters. The monoisotopic (exact) mass is 395 g/mol. The maximum absolute atomic E-state index is 12.1. The number of methoxy groups -OCH3 is 1. The molecule has 0 aromatic heterocycles. The Morgan fingerprint density at radius 1 is 1.04 bits per heavy atom. The van der Waals surface area contributed by atoms with Crippen molar-refractivity contribution in [2.45, 2.75) is 50.5 Å². The molecule has 1 aromatic rings. The maximum Gasteiger partial charge on any atom is 0.319 e. The second-order valence-corrected chi connectivity index (χ2v) is 7.35. The molecule has 1 aliphatic carbocycles. The Kier molecular flexibility index (Phi) is 7.92. The van der Waals surface area contributed by atoms with E-state index in [1.54, 1.807) is 4.90 Å². The summed E-state index contributed by atoms with van der Waals surface area (Å²) in [5, 5.41) is 3.39. The molecule has 0 radical (unpaired) electrons. The van der Waals surface area contributed by atoms with E-state index >= 15 is 0 Å². The number of nitrogens with zero attached hydrogens (tertiary/aromatic N) is 1. The summed E-state index contributed by atoms with van der Waals surface area (Å²) in [6, 6.07) is 7.88. The Morgan fingerprint density at radius 3 is 2.15 bits per heavy atom. The largest absolute Gasteiger partial charge is 0.469 e. The fourth-order valence-corrected chi connectivity index (χ4v) is 4.32. The van der Waals surface area contributed by atoms with Gasteiger partial charge in [-0.25, -0.2) is 4.79 Å². The van der Waals surface area contributed by atoms with Crippen LogP contribution in [0, 0.1) is 5.92 Å². The number of urea groups is 1. The quantitative estimate of drug-likeness (QED) is 0.766. The van der Waals surface area contributed by atoms with Gasteiger partial charge in [0.15, 0.2) is 0 Å². The highest BCUT2D eigenvalue weighted by Gasteiger charge is 2.32. The van der Waals surface area contributed by atoms with Crippen molar-refractivity contribution in [1.29, 1.82) is 0 Å². The first-order valence-electron chi connectivity index (χ1n) is 9.57. The molecule has 1 saturated carbocycles. The molecule has 2 aliphatic rings. The van der Waals surface area contributed by atoms with E-state index in [4.69, 9.17) is 10.5 Å². The average Bonchev–Trinajstić information content (AvgIpc) is 2.69. The van der Waals surface area contributed by atoms with E-state index in [1.165, 1.54) is 12.7 Å². The first-order valence-corrected chi connectivity index (χ1v) is 9.57. The summed E-state index contributed by atoms with van der Waals surface area (Å²) < 4.78 is 4.84. The van der Waals surface area contributed by atoms with E-state index in [2.05, 4.69) is 17.4 Å². The first kappa shape index (κ1) is 21.5. The third kappa shape index (κ3) is 5.14. The van der Waals surface area contributed by atoms with Gasteiger partial charge >= 0.3 is 12.0 Å². The average molecular weight is 396 g/mol. The number of hydrogen-bond donors (Lipinski definition) is 2. The van der Waals surface area contributed by atoms with Crippen LogP contribution in [-0.2, 0) is 9.53 Å². The number of carbonyl (C=O) groups excluding carboxylic acids is 2. The summed E-state index contributed by atoms with van der Waals surface area (Å²) in [6.45, 7) is 2.12. The third-order valence-corrected chi connectivity index (χ3v) is 5.82. The van der Waals surface area contributed by atoms with Gasteiger partial charge in [0, 0.05) is 11.7 Å². The first-order chi connectivity index (χ1) is 12.6. The lowest BCUT2D eigenvalue weighted by atomic mass is 9.85. The van der Waals surface area contributed by atoms with Crippen molar-refractivity contribution in [1.82, 2.24) is 5.32 Å². The minimum atomic E-state index is -0.430. The number of primary amides is 1. The molecule has 7 heteroatoms. The van der Waals surface area contributed by atoms with Gasteiger partial charge in [-0.05, 0) is 75.2 Å². The van der Waals surface area contributed by atoms with Gasteiger partial charge in [0.05, 0.1) is 13.0 Å². The zero-order valence-corrected chi connectivity index (χ0v) is 16.7. The molecule has 150 valence electrons. The number of amides is 2. The maximum atomic E-state index is 12.1. The highest BCUT2D eigenvalue weighted by molar-refractivity contribution is 5.91. The van der Waals surface area contributed by atoms with Gasteiger partial charge < -0.3 is 15.8 Å². The number of benzene rings is 1. The van der Waals surface area contributed by atoms with Crippen molar-refractivity contribution in [2.75, 3.05) is 25.1 Å². The number of esters is 1. The summed E-state index contributed by atoms with van der Waals surface area (Å²) in [5.41, 5.74) is 7.86. The molecule has 3 N–H and O–H groups in total. The van der Waals surface area contributed by atoms with E-state index < -0.39 is 6.03 Å². The standard InChI is InChI=1S/C20H29N3O3.ClH/c1-26-19(24)16-4-8-18(9-5-16)23(20(21)25)17-6-2-14(3-7-17)15-10-12-22-13-11-15;/h2-3,6-7,15-16,18,22H,4-5,8-13H2,1H3,(H2,21,25);1H. The van der Waals surface area contributed by atoms with Crippen LogP contribution in [0.25, 0.3) is 0 Å². The third-order valence-electron chi connectivity index (χ3n) is 5.82. The van der Waals surface area contributed by atoms with Crippen LogP contribution in [0.1, 0.15) is 50.0 Å². The summed E-state index contributed by atoms with van der Waals surface area (Å²) in [6.07, 6.45) is 5.28. The molecule has 6 nitrogen and oxygen atoms in total. The highest BCUT2D eigenvalue weighted by Crippen LogP contribution is 2.32. The number of carbonyl (C=O) groups is 2. The fourth-order valence-electron chi connectivity index (χ4n) is 4.32. The number of nitrogens with two attached hydrogens (primary N) is 1. The van der Waals surface area contributed by atoms with Gasteiger partial charge in [0.1, 0.15) is 0 Å². The van der Waals surface area contributed by atoms with Gasteiger partial charge in [-0.3, -0.25) is 9.69 Å². The molecule has 27 heavy (non-hydrogen) atoms. The molecule has 0 bridgehead atoms. The zero-order chi connectivity index (χ0) is 18.5. The topological polar surface area (TPSA) is 84.7 Å². The van der Waals surface area contributed by atoms with Gasteiger partial charge in [0.25, 0.3) is 0 Å². The van der Waals surface area contributed by atoms with Crippen LogP contribution in [-0.4, -0.2) is 38.2 Å². The number of halogens is 1. The van der Waals surface area contributed by atoms with Crippen molar-refractivity contribution in [3.05, 3.63) is 29.8 Å². The van der Waals surface area contributed by atoms with Crippen molar-refractivity contribution in [3.8, 4) is 0 Å². The van der Waals surface area contributed by atoms with E-state index in [9.17, 15) is 9.59 Å². The van der Waals surface area contributed by atoms with Gasteiger partial charge in [-0.15, -0.1) is 12.4 Å². The minimum Gasteiger partial charge on any atom is -0.469 e. The van der Waals surface area contributed by atoms with Crippen LogP contribution in [0.2, 0.25) is 0 Å². The lowest BCUT2D eigenvalue weighted by Gasteiger charge is -2.35. The Labute approximate surface area is 167 Å². The predicted octanol–water partition coefficient (Wildman–Crippen LogP) is 3.19. The molecule has 2 amide bonds. The molecule has 1 aromatic carbocycles. The number of ether oxygens (including phenoxy) is 1. The van der Waals surface area contributed by atoms with Crippen molar-refractivity contribution in [3.63, 3.8) is 0 Å². The van der Waals surface area contributed by atoms with E-state index in [1.807, 2.05) is 12.1 Å². The molecule has 0 spiro atoms. The molecule has 3 rings (SSSR count). The zero-order valence-electron chi connectivity index (χ0n) is 15.9. The SMILES string of the molecule is COC(=O)C1CCC(N(C(N)=O)c2ccc(C3CCNCC3)cc2)CC1.Cl. The fraction of sp³-hybridized carbons (Fsp3) is 0.600. The van der Waals surface area contributed by atoms with Crippen LogP contribution >= 0.6 is 12.4 Å². The highest BCUT2D eigenvalue weighted by atomic mass is 35.5. The van der Waals surface area contributed by atoms with Crippen molar-refractivity contribution < 1.29 is 14.3 Å². The van der Waals surface area contributed by atoms with E-state index in [-0.39, 0.29) is 30.3 Å². The van der Waals surface area contributed by atoms with E-state index in [0.717, 1.165) is 57.3 Å². The lowest BCUT2D eigenvalue weighted by molar-refractivity contribution is -0.146. The van der Waals surface area contributed by atoms with Crippen molar-refractivity contribution >= 4 is 30.1 Å². The lowest BCUT2D eigenvalue weighted by Crippen LogP contribution is -2.46. The van der Waals surface area contributed by atoms with Crippen LogP contribution in [0.3, 0.4) is 0 Å². The number of nitrogens with one attached hydrogen (secondary N) is 1. The molecule has 2 fully saturated rings. The Morgan fingerprint density at radius 2 is 1.63 bits per heavy atom. The minimum absolute atomic E-state index is 0. The van der Waals surface area contributed by atoms with Crippen LogP contribution in [0.5, 0.6) is 0 Å². The number of hydrogen-bond acceptors (Lipinski definition) is 4. The number of piperidine rings is 1. The summed E-state index contributed by atoms with van der Waals surface area (Å²) in [4.78, 5) is 25.5. The second kappa shape index (κ2) is 9.95. The molecule has 1 heterocycles. The Bertz CT molecular complexity index is 624. The number of anilines is 1. The van der Waals surface area contributed by atoms with Gasteiger partial charge in [-0.2, -0.15) is 0 Å². The Hall–Kier alpha value is -1.79. The summed E-state index contributed by atoms with van der Waals surface area (Å²) >= 11 is 0. The molecular weight excluding hydrogens is 366 g/mol. The summed E-state index contributed by atoms with van der Waals surface area (Å²) in [5.74, 6) is 0.372. The molecule has 0 unspecified atom stereocenters. The normalized spacial score (nSPS) is 23.1. The molecule has 1 aliphatic heterocycles. The smallest absolute Gasteiger partial charge is 0.319 e. The van der Waals surface area contributed by atoms with E-state index in [0.29, 0.717) is 5.92 Å². The number of rotatable bonds is 4. The summed E-state index contributed by atoms with van der Waals surface area (Å²) in [7, 11) is 1.42. The van der Waals surface area contributed by atoms with Gasteiger partial charge in [-0.1, -0.05) is 12.1 Å². The molecular formula is C20H30ClN3O3. The van der Waals surface area contributed by atoms with Crippen molar-refractivity contribution in [2.24, 2.45) is 11.7 Å². The van der Waals surface area contributed by atoms with Crippen LogP contribution < -0.4 is 16.0 Å². The van der Waals surface area contributed by atoms with Crippen LogP contribution in [0.4, 0.5) is 10.5 Å². The Balaban J connectivity index is 0.00000261. The van der Waals surface area contributed by atoms with Gasteiger partial charge in [0.2, 0.25) is 0 Å². The molecule has 1 saturated heterocycles. The second-order valence-electron chi connectivity index (χ2n) is 7.35.